The van der Waals surface area contributed by atoms with E-state index in [1.807, 2.05) is 13.0 Å². The third-order valence-corrected chi connectivity index (χ3v) is 6.38. The Hall–Kier alpha value is -2.21. The van der Waals surface area contributed by atoms with Gasteiger partial charge in [0, 0.05) is 11.4 Å². The summed E-state index contributed by atoms with van der Waals surface area (Å²) in [4.78, 5) is 14.4. The molecule has 2 atom stereocenters. The second-order valence-corrected chi connectivity index (χ2v) is 8.18. The highest BCUT2D eigenvalue weighted by Gasteiger charge is 2.25. The van der Waals surface area contributed by atoms with Crippen molar-refractivity contribution in [2.45, 2.75) is 45.6 Å². The van der Waals surface area contributed by atoms with Crippen LogP contribution in [0.25, 0.3) is 15.9 Å². The van der Waals surface area contributed by atoms with E-state index in [9.17, 15) is 9.18 Å². The fourth-order valence-corrected chi connectivity index (χ4v) is 4.77. The second kappa shape index (κ2) is 6.83. The lowest BCUT2D eigenvalue weighted by Crippen LogP contribution is -2.40. The van der Waals surface area contributed by atoms with Crippen LogP contribution in [0, 0.1) is 18.7 Å². The minimum Gasteiger partial charge on any atom is -0.348 e. The molecule has 4 rings (SSSR count). The molecule has 0 unspecified atom stereocenters. The second-order valence-electron chi connectivity index (χ2n) is 7.14. The van der Waals surface area contributed by atoms with Crippen LogP contribution in [0.1, 0.15) is 48.0 Å². The molecule has 1 aromatic carbocycles. The Kier molecular flexibility index (Phi) is 4.53. The van der Waals surface area contributed by atoms with E-state index < -0.39 is 0 Å². The lowest BCUT2D eigenvalue weighted by atomic mass is 9.86. The summed E-state index contributed by atoms with van der Waals surface area (Å²) < 4.78 is 15.0. The first-order valence-corrected chi connectivity index (χ1v) is 9.90. The molecule has 1 saturated carbocycles. The summed E-state index contributed by atoms with van der Waals surface area (Å²) in [5, 5.41) is 8.74. The van der Waals surface area contributed by atoms with Gasteiger partial charge in [-0.15, -0.1) is 11.3 Å². The van der Waals surface area contributed by atoms with Crippen LogP contribution in [0.15, 0.2) is 30.3 Å². The molecule has 0 aliphatic heterocycles. The van der Waals surface area contributed by atoms with Gasteiger partial charge in [-0.3, -0.25) is 4.79 Å². The van der Waals surface area contributed by atoms with Crippen LogP contribution in [0.4, 0.5) is 4.39 Å². The molecule has 0 spiro atoms. The van der Waals surface area contributed by atoms with Crippen LogP contribution >= 0.6 is 11.3 Å². The van der Waals surface area contributed by atoms with E-state index in [1.165, 1.54) is 42.7 Å². The molecule has 3 aromatic rings. The van der Waals surface area contributed by atoms with Crippen molar-refractivity contribution >= 4 is 27.5 Å². The molecule has 1 aliphatic carbocycles. The first-order chi connectivity index (χ1) is 12.5. The number of thiophene rings is 1. The quantitative estimate of drug-likeness (QED) is 0.716. The number of hydrogen-bond donors (Lipinski definition) is 1. The van der Waals surface area contributed by atoms with Gasteiger partial charge in [0.2, 0.25) is 0 Å². The Bertz CT molecular complexity index is 944. The van der Waals surface area contributed by atoms with Crippen LogP contribution in [0.5, 0.6) is 0 Å². The zero-order valence-corrected chi connectivity index (χ0v) is 15.8. The molecule has 26 heavy (non-hydrogen) atoms. The number of halogens is 1. The van der Waals surface area contributed by atoms with Gasteiger partial charge in [0.15, 0.2) is 0 Å². The number of carbonyl (C=O) groups excluding carboxylic acids is 1. The largest absolute Gasteiger partial charge is 0.348 e. The SMILES string of the molecule is Cc1nn(-c2ccc(F)cc2)c2sc(C(=O)N[C@H]3CCCC[C@@H]3C)cc12. The molecule has 136 valence electrons. The smallest absolute Gasteiger partial charge is 0.261 e. The van der Waals surface area contributed by atoms with Gasteiger partial charge in [0.05, 0.1) is 16.3 Å². The van der Waals surface area contributed by atoms with E-state index >= 15 is 0 Å². The number of rotatable bonds is 3. The fraction of sp³-hybridized carbons (Fsp3) is 0.400. The Balaban J connectivity index is 1.64. The van der Waals surface area contributed by atoms with Crippen molar-refractivity contribution in [1.29, 1.82) is 0 Å². The Labute approximate surface area is 156 Å². The molecule has 1 amide bonds. The van der Waals surface area contributed by atoms with Gasteiger partial charge in [-0.25, -0.2) is 9.07 Å². The van der Waals surface area contributed by atoms with Crippen molar-refractivity contribution in [3.63, 3.8) is 0 Å². The Morgan fingerprint density at radius 3 is 2.73 bits per heavy atom. The van der Waals surface area contributed by atoms with E-state index in [0.29, 0.717) is 10.8 Å². The maximum atomic E-state index is 13.2. The molecule has 0 bridgehead atoms. The molecule has 2 aromatic heterocycles. The zero-order valence-electron chi connectivity index (χ0n) is 15.0. The van der Waals surface area contributed by atoms with Gasteiger partial charge in [-0.2, -0.15) is 5.10 Å². The maximum Gasteiger partial charge on any atom is 0.261 e. The van der Waals surface area contributed by atoms with E-state index in [1.54, 1.807) is 16.8 Å². The molecule has 1 fully saturated rings. The average Bonchev–Trinajstić information content (AvgIpc) is 3.19. The number of carbonyl (C=O) groups is 1. The lowest BCUT2D eigenvalue weighted by molar-refractivity contribution is 0.0914. The van der Waals surface area contributed by atoms with Crippen LogP contribution in [-0.4, -0.2) is 21.7 Å². The molecule has 0 saturated heterocycles. The molecular weight excluding hydrogens is 349 g/mol. The van der Waals surface area contributed by atoms with Crippen molar-refractivity contribution in [3.05, 3.63) is 46.7 Å². The van der Waals surface area contributed by atoms with Gasteiger partial charge < -0.3 is 5.32 Å². The zero-order chi connectivity index (χ0) is 18.3. The number of benzene rings is 1. The van der Waals surface area contributed by atoms with Gasteiger partial charge >= 0.3 is 0 Å². The number of fused-ring (bicyclic) bond motifs is 1. The fourth-order valence-electron chi connectivity index (χ4n) is 3.69. The van der Waals surface area contributed by atoms with Gasteiger partial charge in [-0.1, -0.05) is 19.8 Å². The minimum atomic E-state index is -0.276. The molecule has 1 aliphatic rings. The number of amides is 1. The summed E-state index contributed by atoms with van der Waals surface area (Å²) in [6.07, 6.45) is 4.67. The number of nitrogens with one attached hydrogen (secondary N) is 1. The maximum absolute atomic E-state index is 13.2. The Morgan fingerprint density at radius 2 is 2.00 bits per heavy atom. The Morgan fingerprint density at radius 1 is 1.27 bits per heavy atom. The van der Waals surface area contributed by atoms with Crippen molar-refractivity contribution in [1.82, 2.24) is 15.1 Å². The summed E-state index contributed by atoms with van der Waals surface area (Å²) in [5.41, 5.74) is 1.66. The summed E-state index contributed by atoms with van der Waals surface area (Å²) in [5.74, 6) is 0.246. The standard InChI is InChI=1S/C20H22FN3OS/c1-12-5-3-4-6-17(12)22-19(25)18-11-16-13(2)23-24(20(16)26-18)15-9-7-14(21)8-10-15/h7-12,17H,3-6H2,1-2H3,(H,22,25)/t12-,17-/m0/s1. The van der Waals surface area contributed by atoms with E-state index in [4.69, 9.17) is 0 Å². The first kappa shape index (κ1) is 17.2. The normalized spacial score (nSPS) is 20.4. The van der Waals surface area contributed by atoms with Crippen molar-refractivity contribution in [2.75, 3.05) is 0 Å². The van der Waals surface area contributed by atoms with E-state index in [0.717, 1.165) is 28.0 Å². The summed E-state index contributed by atoms with van der Waals surface area (Å²) >= 11 is 1.44. The average molecular weight is 371 g/mol. The third-order valence-electron chi connectivity index (χ3n) is 5.27. The van der Waals surface area contributed by atoms with Gasteiger partial charge in [0.1, 0.15) is 10.6 Å². The van der Waals surface area contributed by atoms with E-state index in [2.05, 4.69) is 17.3 Å². The van der Waals surface area contributed by atoms with Crippen LogP contribution in [0.3, 0.4) is 0 Å². The number of nitrogens with zero attached hydrogens (tertiary/aromatic N) is 2. The van der Waals surface area contributed by atoms with Gasteiger partial charge in [-0.05, 0) is 56.0 Å². The highest BCUT2D eigenvalue weighted by molar-refractivity contribution is 7.20. The number of aromatic nitrogens is 2. The summed E-state index contributed by atoms with van der Waals surface area (Å²) in [7, 11) is 0. The molecule has 4 nitrogen and oxygen atoms in total. The highest BCUT2D eigenvalue weighted by Crippen LogP contribution is 2.31. The molecule has 1 N–H and O–H groups in total. The monoisotopic (exact) mass is 371 g/mol. The van der Waals surface area contributed by atoms with Crippen LogP contribution in [0.2, 0.25) is 0 Å². The molecule has 6 heteroatoms. The van der Waals surface area contributed by atoms with Crippen LogP contribution in [-0.2, 0) is 0 Å². The van der Waals surface area contributed by atoms with Crippen molar-refractivity contribution in [2.24, 2.45) is 5.92 Å². The topological polar surface area (TPSA) is 46.9 Å². The van der Waals surface area contributed by atoms with Crippen LogP contribution < -0.4 is 5.32 Å². The lowest BCUT2D eigenvalue weighted by Gasteiger charge is -2.29. The molecule has 2 heterocycles. The number of hydrogen-bond acceptors (Lipinski definition) is 3. The van der Waals surface area contributed by atoms with Gasteiger partial charge in [0.25, 0.3) is 5.91 Å². The first-order valence-electron chi connectivity index (χ1n) is 9.09. The summed E-state index contributed by atoms with van der Waals surface area (Å²) in [6.45, 7) is 4.14. The van der Waals surface area contributed by atoms with Crippen molar-refractivity contribution in [3.8, 4) is 5.69 Å². The van der Waals surface area contributed by atoms with E-state index in [-0.39, 0.29) is 17.8 Å². The third kappa shape index (κ3) is 3.14. The summed E-state index contributed by atoms with van der Waals surface area (Å²) in [6, 6.07) is 8.42. The molecule has 0 radical (unpaired) electrons. The number of aryl methyl sites for hydroxylation is 1. The van der Waals surface area contributed by atoms with Crippen molar-refractivity contribution < 1.29 is 9.18 Å². The minimum absolute atomic E-state index is 0.00462. The molecular formula is C20H22FN3OS. The highest BCUT2D eigenvalue weighted by atomic mass is 32.1. The predicted molar refractivity (Wildman–Crippen MR) is 103 cm³/mol. The predicted octanol–water partition coefficient (Wildman–Crippen LogP) is 4.84.